The molecule has 2 atom stereocenters. The van der Waals surface area contributed by atoms with Crippen LogP contribution in [0.15, 0.2) is 40.5 Å². The Balaban J connectivity index is 2.73. The SMILES string of the molecule is CC1=NC(CF)=C(C(=O)O)C(c2cccc([N+](=O)[O-])c2)C1C(=O)O. The predicted octanol–water partition coefficient (Wildman–Crippen LogP) is 2.16. The number of halogens is 1. The van der Waals surface area contributed by atoms with Gasteiger partial charge in [-0.05, 0) is 12.5 Å². The van der Waals surface area contributed by atoms with Crippen molar-refractivity contribution in [1.82, 2.24) is 0 Å². The molecule has 0 radical (unpaired) electrons. The summed E-state index contributed by atoms with van der Waals surface area (Å²) in [7, 11) is 0. The molecule has 0 saturated carbocycles. The monoisotopic (exact) mass is 336 g/mol. The molecule has 0 aromatic heterocycles. The van der Waals surface area contributed by atoms with Crippen LogP contribution in [-0.4, -0.2) is 39.5 Å². The van der Waals surface area contributed by atoms with Gasteiger partial charge in [-0.3, -0.25) is 19.9 Å². The van der Waals surface area contributed by atoms with Crippen LogP contribution in [0.2, 0.25) is 0 Å². The van der Waals surface area contributed by atoms with Crippen LogP contribution in [0.4, 0.5) is 10.1 Å². The summed E-state index contributed by atoms with van der Waals surface area (Å²) < 4.78 is 13.2. The van der Waals surface area contributed by atoms with Crippen molar-refractivity contribution in [3.8, 4) is 0 Å². The zero-order valence-corrected chi connectivity index (χ0v) is 12.5. The van der Waals surface area contributed by atoms with Crippen LogP contribution in [-0.2, 0) is 9.59 Å². The molecule has 0 saturated heterocycles. The van der Waals surface area contributed by atoms with E-state index >= 15 is 0 Å². The van der Waals surface area contributed by atoms with Crippen molar-refractivity contribution in [2.75, 3.05) is 6.67 Å². The summed E-state index contributed by atoms with van der Waals surface area (Å²) in [6, 6.07) is 4.99. The van der Waals surface area contributed by atoms with Gasteiger partial charge in [-0.25, -0.2) is 9.18 Å². The van der Waals surface area contributed by atoms with Crippen LogP contribution < -0.4 is 0 Å². The molecule has 1 aromatic rings. The average Bonchev–Trinajstić information content (AvgIpc) is 2.52. The number of non-ortho nitro benzene ring substituents is 1. The van der Waals surface area contributed by atoms with Gasteiger partial charge in [-0.15, -0.1) is 0 Å². The summed E-state index contributed by atoms with van der Waals surface area (Å²) in [5.74, 6) is -5.48. The molecule has 2 N–H and O–H groups in total. The Hall–Kier alpha value is -3.10. The zero-order valence-electron chi connectivity index (χ0n) is 12.5. The number of hydrogen-bond acceptors (Lipinski definition) is 5. The molecule has 8 nitrogen and oxygen atoms in total. The number of nitro groups is 1. The van der Waals surface area contributed by atoms with Crippen molar-refractivity contribution in [2.24, 2.45) is 10.9 Å². The summed E-state index contributed by atoms with van der Waals surface area (Å²) in [5.41, 5.74) is -1.06. The number of carboxylic acids is 2. The summed E-state index contributed by atoms with van der Waals surface area (Å²) >= 11 is 0. The zero-order chi connectivity index (χ0) is 18.0. The van der Waals surface area contributed by atoms with Gasteiger partial charge in [-0.1, -0.05) is 12.1 Å². The van der Waals surface area contributed by atoms with Gasteiger partial charge in [0.15, 0.2) is 0 Å². The van der Waals surface area contributed by atoms with Gasteiger partial charge in [0, 0.05) is 23.8 Å². The summed E-state index contributed by atoms with van der Waals surface area (Å²) in [4.78, 5) is 37.2. The van der Waals surface area contributed by atoms with Crippen molar-refractivity contribution in [3.05, 3.63) is 51.2 Å². The fourth-order valence-corrected chi connectivity index (χ4v) is 2.80. The lowest BCUT2D eigenvalue weighted by atomic mass is 9.75. The minimum atomic E-state index is -1.51. The molecule has 0 aliphatic carbocycles. The second-order valence-corrected chi connectivity index (χ2v) is 5.20. The van der Waals surface area contributed by atoms with Gasteiger partial charge < -0.3 is 10.2 Å². The van der Waals surface area contributed by atoms with Gasteiger partial charge in [0.25, 0.3) is 5.69 Å². The molecule has 1 aliphatic rings. The van der Waals surface area contributed by atoms with Gasteiger partial charge in [0.2, 0.25) is 0 Å². The van der Waals surface area contributed by atoms with E-state index in [1.807, 2.05) is 0 Å². The quantitative estimate of drug-likeness (QED) is 0.626. The molecule has 126 valence electrons. The van der Waals surface area contributed by atoms with Crippen molar-refractivity contribution in [2.45, 2.75) is 12.8 Å². The molecular weight excluding hydrogens is 323 g/mol. The summed E-state index contributed by atoms with van der Waals surface area (Å²) in [5, 5.41) is 29.8. The Morgan fingerprint density at radius 1 is 1.38 bits per heavy atom. The first kappa shape index (κ1) is 17.3. The molecule has 0 bridgehead atoms. The van der Waals surface area contributed by atoms with E-state index in [0.717, 1.165) is 6.07 Å². The van der Waals surface area contributed by atoms with Gasteiger partial charge >= 0.3 is 11.9 Å². The number of allylic oxidation sites excluding steroid dienone is 1. The maximum Gasteiger partial charge on any atom is 0.334 e. The molecule has 2 rings (SSSR count). The fourth-order valence-electron chi connectivity index (χ4n) is 2.80. The van der Waals surface area contributed by atoms with E-state index in [2.05, 4.69) is 4.99 Å². The third kappa shape index (κ3) is 3.00. The number of nitrogens with zero attached hydrogens (tertiary/aromatic N) is 2. The Bertz CT molecular complexity index is 786. The lowest BCUT2D eigenvalue weighted by Gasteiger charge is -2.29. The lowest BCUT2D eigenvalue weighted by Crippen LogP contribution is -2.35. The van der Waals surface area contributed by atoms with E-state index < -0.39 is 40.9 Å². The maximum atomic E-state index is 13.2. The van der Waals surface area contributed by atoms with Crippen molar-refractivity contribution in [3.63, 3.8) is 0 Å². The summed E-state index contributed by atoms with van der Waals surface area (Å²) in [6.45, 7) is 0.175. The highest BCUT2D eigenvalue weighted by Gasteiger charge is 2.42. The van der Waals surface area contributed by atoms with Crippen LogP contribution in [0.5, 0.6) is 0 Å². The smallest absolute Gasteiger partial charge is 0.334 e. The number of alkyl halides is 1. The molecule has 2 unspecified atom stereocenters. The second kappa shape index (κ2) is 6.57. The highest BCUT2D eigenvalue weighted by atomic mass is 19.1. The van der Waals surface area contributed by atoms with Gasteiger partial charge in [0.1, 0.15) is 12.6 Å². The van der Waals surface area contributed by atoms with E-state index in [9.17, 15) is 34.3 Å². The lowest BCUT2D eigenvalue weighted by molar-refractivity contribution is -0.384. The van der Waals surface area contributed by atoms with E-state index in [1.165, 1.54) is 25.1 Å². The standard InChI is InChI=1S/C15H13FN2O6/c1-7-11(14(19)20)12(13(15(21)22)10(6-16)17-7)8-3-2-4-9(5-8)18(23)24/h2-5,11-12H,6H2,1H3,(H,19,20)(H,21,22). The molecule has 0 fully saturated rings. The van der Waals surface area contributed by atoms with Crippen LogP contribution in [0.25, 0.3) is 0 Å². The Kier molecular flexibility index (Phi) is 4.72. The van der Waals surface area contributed by atoms with Crippen LogP contribution in [0.1, 0.15) is 18.4 Å². The Morgan fingerprint density at radius 2 is 2.04 bits per heavy atom. The van der Waals surface area contributed by atoms with E-state index in [1.54, 1.807) is 0 Å². The normalized spacial score (nSPS) is 20.5. The number of carboxylic acid groups (broad SMARTS) is 2. The Labute approximate surface area is 135 Å². The minimum absolute atomic E-state index is 0.0386. The number of benzene rings is 1. The molecule has 9 heteroatoms. The summed E-state index contributed by atoms with van der Waals surface area (Å²) in [6.07, 6.45) is 0. The third-order valence-electron chi connectivity index (χ3n) is 3.78. The molecule has 1 heterocycles. The molecule has 0 spiro atoms. The maximum absolute atomic E-state index is 13.2. The number of hydrogen-bond donors (Lipinski definition) is 2. The fraction of sp³-hybridized carbons (Fsp3) is 0.267. The van der Waals surface area contributed by atoms with Gasteiger partial charge in [-0.2, -0.15) is 0 Å². The van der Waals surface area contributed by atoms with Crippen molar-refractivity contribution >= 4 is 23.3 Å². The molecular formula is C15H13FN2O6. The van der Waals surface area contributed by atoms with Crippen molar-refractivity contribution < 1.29 is 29.1 Å². The number of rotatable bonds is 5. The Morgan fingerprint density at radius 3 is 2.54 bits per heavy atom. The van der Waals surface area contributed by atoms with Crippen molar-refractivity contribution in [1.29, 1.82) is 0 Å². The van der Waals surface area contributed by atoms with E-state index in [0.29, 0.717) is 0 Å². The largest absolute Gasteiger partial charge is 0.481 e. The average molecular weight is 336 g/mol. The highest BCUT2D eigenvalue weighted by Crippen LogP contribution is 2.40. The number of aliphatic carboxylic acids is 2. The van der Waals surface area contributed by atoms with Crippen LogP contribution in [0, 0.1) is 16.0 Å². The minimum Gasteiger partial charge on any atom is -0.481 e. The highest BCUT2D eigenvalue weighted by molar-refractivity contribution is 6.06. The molecule has 1 aliphatic heterocycles. The first-order valence-electron chi connectivity index (χ1n) is 6.82. The molecule has 24 heavy (non-hydrogen) atoms. The number of aliphatic imine (C=N–C) groups is 1. The topological polar surface area (TPSA) is 130 Å². The van der Waals surface area contributed by atoms with Gasteiger partial charge in [0.05, 0.1) is 16.2 Å². The number of carbonyl (C=O) groups is 2. The van der Waals surface area contributed by atoms with Crippen LogP contribution in [0.3, 0.4) is 0 Å². The first-order valence-corrected chi connectivity index (χ1v) is 6.82. The van der Waals surface area contributed by atoms with E-state index in [-0.39, 0.29) is 22.7 Å². The van der Waals surface area contributed by atoms with Crippen LogP contribution >= 0.6 is 0 Å². The number of nitro benzene ring substituents is 1. The third-order valence-corrected chi connectivity index (χ3v) is 3.78. The van der Waals surface area contributed by atoms with E-state index in [4.69, 9.17) is 0 Å². The second-order valence-electron chi connectivity index (χ2n) is 5.20. The predicted molar refractivity (Wildman–Crippen MR) is 80.7 cm³/mol. The molecule has 0 amide bonds. The molecule has 1 aromatic carbocycles. The first-order chi connectivity index (χ1) is 11.3.